The fourth-order valence-electron chi connectivity index (χ4n) is 4.16. The lowest BCUT2D eigenvalue weighted by atomic mass is 10.1. The number of urea groups is 1. The molecule has 2 saturated heterocycles. The molecule has 0 bridgehead atoms. The highest BCUT2D eigenvalue weighted by molar-refractivity contribution is 5.89. The molecule has 0 saturated carbocycles. The zero-order valence-electron chi connectivity index (χ0n) is 18.4. The molecule has 3 heterocycles. The zero-order valence-corrected chi connectivity index (χ0v) is 18.4. The van der Waals surface area contributed by atoms with E-state index in [0.717, 1.165) is 67.8 Å². The Hall–Kier alpha value is -3.65. The Labute approximate surface area is 192 Å². The summed E-state index contributed by atoms with van der Waals surface area (Å²) in [6.45, 7) is 3.25. The summed E-state index contributed by atoms with van der Waals surface area (Å²) in [7, 11) is 0. The van der Waals surface area contributed by atoms with Gasteiger partial charge >= 0.3 is 6.03 Å². The molecular formula is C25H27N5O3. The molecule has 2 fully saturated rings. The van der Waals surface area contributed by atoms with E-state index in [2.05, 4.69) is 15.7 Å². The molecule has 2 N–H and O–H groups in total. The first-order chi connectivity index (χ1) is 16.2. The molecule has 2 aliphatic rings. The van der Waals surface area contributed by atoms with Crippen LogP contribution in [0.4, 0.5) is 10.5 Å². The van der Waals surface area contributed by atoms with Gasteiger partial charge in [0, 0.05) is 43.0 Å². The number of nitrogens with one attached hydrogen (secondary N) is 2. The average Bonchev–Trinajstić information content (AvgIpc) is 3.63. The number of hydrogen-bond acceptors (Lipinski definition) is 5. The third-order valence-corrected chi connectivity index (χ3v) is 6.04. The first kappa shape index (κ1) is 21.2. The summed E-state index contributed by atoms with van der Waals surface area (Å²) in [5.41, 5.74) is 6.54. The summed E-state index contributed by atoms with van der Waals surface area (Å²) < 4.78 is 5.97. The average molecular weight is 446 g/mol. The molecule has 0 spiro atoms. The smallest absolute Gasteiger partial charge is 0.321 e. The summed E-state index contributed by atoms with van der Waals surface area (Å²) in [6.07, 6.45) is 5.20. The number of carbonyl (C=O) groups is 2. The Bertz CT molecular complexity index is 1020. The Morgan fingerprint density at radius 2 is 1.67 bits per heavy atom. The first-order valence-electron chi connectivity index (χ1n) is 11.4. The Morgan fingerprint density at radius 3 is 2.36 bits per heavy atom. The number of rotatable bonds is 5. The van der Waals surface area contributed by atoms with Gasteiger partial charge in [-0.2, -0.15) is 0 Å². The number of carbonyl (C=O) groups excluding carboxylic acids is 2. The van der Waals surface area contributed by atoms with Crippen LogP contribution >= 0.6 is 0 Å². The van der Waals surface area contributed by atoms with Gasteiger partial charge < -0.3 is 14.6 Å². The molecule has 8 nitrogen and oxygen atoms in total. The summed E-state index contributed by atoms with van der Waals surface area (Å²) in [5, 5.41) is 4.63. The van der Waals surface area contributed by atoms with E-state index in [1.165, 1.54) is 0 Å². The van der Waals surface area contributed by atoms with Crippen LogP contribution in [0.5, 0.6) is 0 Å². The van der Waals surface area contributed by atoms with Crippen LogP contribution in [0.3, 0.4) is 0 Å². The van der Waals surface area contributed by atoms with Gasteiger partial charge in [-0.3, -0.25) is 9.80 Å². The number of likely N-dealkylation sites (tertiary alicyclic amines) is 1. The highest BCUT2D eigenvalue weighted by atomic mass is 16.4. The van der Waals surface area contributed by atoms with E-state index in [0.29, 0.717) is 18.1 Å². The molecule has 0 atom stereocenters. The monoisotopic (exact) mass is 445 g/mol. The van der Waals surface area contributed by atoms with Gasteiger partial charge in [0.25, 0.3) is 0 Å². The number of anilines is 1. The van der Waals surface area contributed by atoms with E-state index < -0.39 is 0 Å². The van der Waals surface area contributed by atoms with Crippen molar-refractivity contribution in [1.29, 1.82) is 0 Å². The lowest BCUT2D eigenvalue weighted by Crippen LogP contribution is -2.37. The van der Waals surface area contributed by atoms with Crippen molar-refractivity contribution in [1.82, 2.24) is 20.3 Å². The second-order valence-corrected chi connectivity index (χ2v) is 8.41. The molecule has 33 heavy (non-hydrogen) atoms. The minimum atomic E-state index is -0.0551. The third-order valence-electron chi connectivity index (χ3n) is 6.04. The first-order valence-corrected chi connectivity index (χ1v) is 11.4. The second kappa shape index (κ2) is 9.46. The van der Waals surface area contributed by atoms with Crippen molar-refractivity contribution in [2.24, 2.45) is 0 Å². The molecule has 0 aliphatic carbocycles. The molecule has 5 rings (SSSR count). The lowest BCUT2D eigenvalue weighted by molar-refractivity contribution is -0.131. The fraction of sp³-hybridized carbons (Fsp3) is 0.320. The molecule has 170 valence electrons. The van der Waals surface area contributed by atoms with Crippen LogP contribution in [0.1, 0.15) is 24.8 Å². The topological polar surface area (TPSA) is 90.7 Å². The van der Waals surface area contributed by atoms with Crippen LogP contribution in [0.2, 0.25) is 0 Å². The Morgan fingerprint density at radius 1 is 0.939 bits per heavy atom. The number of benzene rings is 2. The Kier molecular flexibility index (Phi) is 6.08. The minimum absolute atomic E-state index is 0.0551. The highest BCUT2D eigenvalue weighted by Crippen LogP contribution is 2.27. The molecule has 2 aromatic carbocycles. The zero-order chi connectivity index (χ0) is 22.6. The number of aromatic nitrogens is 1. The van der Waals surface area contributed by atoms with Crippen LogP contribution in [-0.4, -0.2) is 53.0 Å². The predicted octanol–water partition coefficient (Wildman–Crippen LogP) is 3.92. The second-order valence-electron chi connectivity index (χ2n) is 8.41. The predicted molar refractivity (Wildman–Crippen MR) is 125 cm³/mol. The van der Waals surface area contributed by atoms with Gasteiger partial charge in [0.05, 0.1) is 12.6 Å². The SMILES string of the molecule is O=C(Nc1ccc(-c2ncc(-c3ccc(CC(=O)N4CCCN4)cc3)o2)cc1)N1CCCC1. The maximum absolute atomic E-state index is 12.3. The molecular weight excluding hydrogens is 418 g/mol. The van der Waals surface area contributed by atoms with Gasteiger partial charge in [0.1, 0.15) is 0 Å². The summed E-state index contributed by atoms with van der Waals surface area (Å²) in [6, 6.07) is 15.2. The summed E-state index contributed by atoms with van der Waals surface area (Å²) in [5.74, 6) is 1.26. The van der Waals surface area contributed by atoms with Gasteiger partial charge in [-0.25, -0.2) is 15.2 Å². The van der Waals surface area contributed by atoms with Gasteiger partial charge in [-0.05, 0) is 49.1 Å². The van der Waals surface area contributed by atoms with Crippen molar-refractivity contribution in [2.75, 3.05) is 31.5 Å². The van der Waals surface area contributed by atoms with Crippen molar-refractivity contribution in [3.63, 3.8) is 0 Å². The molecule has 3 aromatic rings. The van der Waals surface area contributed by atoms with Crippen molar-refractivity contribution in [3.8, 4) is 22.8 Å². The number of oxazole rings is 1. The van der Waals surface area contributed by atoms with Gasteiger partial charge in [-0.15, -0.1) is 0 Å². The van der Waals surface area contributed by atoms with Gasteiger partial charge in [0.15, 0.2) is 5.76 Å². The van der Waals surface area contributed by atoms with Crippen molar-refractivity contribution < 1.29 is 14.0 Å². The molecule has 2 aliphatic heterocycles. The van der Waals surface area contributed by atoms with E-state index in [1.807, 2.05) is 53.4 Å². The fourth-order valence-corrected chi connectivity index (χ4v) is 4.16. The lowest BCUT2D eigenvalue weighted by Gasteiger charge is -2.16. The normalized spacial score (nSPS) is 15.8. The number of amides is 3. The van der Waals surface area contributed by atoms with Gasteiger partial charge in [-0.1, -0.05) is 24.3 Å². The van der Waals surface area contributed by atoms with E-state index in [9.17, 15) is 9.59 Å². The maximum atomic E-state index is 12.3. The van der Waals surface area contributed by atoms with Crippen molar-refractivity contribution in [3.05, 3.63) is 60.3 Å². The summed E-state index contributed by atoms with van der Waals surface area (Å²) >= 11 is 0. The standard InChI is InChI=1S/C25H27N5O3/c31-23(30-15-3-12-27-30)16-18-4-6-19(7-5-18)22-17-26-24(33-22)20-8-10-21(11-9-20)28-25(32)29-13-1-2-14-29/h4-11,17,27H,1-3,12-16H2,(H,28,32). The molecule has 3 amide bonds. The van der Waals surface area contributed by atoms with E-state index >= 15 is 0 Å². The molecule has 0 unspecified atom stereocenters. The minimum Gasteiger partial charge on any atom is -0.436 e. The molecule has 0 radical (unpaired) electrons. The van der Waals surface area contributed by atoms with E-state index in [-0.39, 0.29) is 11.9 Å². The van der Waals surface area contributed by atoms with Crippen LogP contribution in [0.15, 0.2) is 59.1 Å². The quantitative estimate of drug-likeness (QED) is 0.621. The van der Waals surface area contributed by atoms with Crippen LogP contribution in [0.25, 0.3) is 22.8 Å². The van der Waals surface area contributed by atoms with Crippen LogP contribution in [-0.2, 0) is 11.2 Å². The third kappa shape index (κ3) is 4.90. The van der Waals surface area contributed by atoms with E-state index in [4.69, 9.17) is 4.42 Å². The van der Waals surface area contributed by atoms with Gasteiger partial charge in [0.2, 0.25) is 11.8 Å². The number of nitrogens with zero attached hydrogens (tertiary/aromatic N) is 3. The molecule has 1 aromatic heterocycles. The summed E-state index contributed by atoms with van der Waals surface area (Å²) in [4.78, 5) is 30.8. The number of hydrogen-bond donors (Lipinski definition) is 2. The van der Waals surface area contributed by atoms with Crippen molar-refractivity contribution in [2.45, 2.75) is 25.7 Å². The van der Waals surface area contributed by atoms with E-state index in [1.54, 1.807) is 11.2 Å². The highest BCUT2D eigenvalue weighted by Gasteiger charge is 2.19. The van der Waals surface area contributed by atoms with Crippen molar-refractivity contribution >= 4 is 17.6 Å². The molecule has 8 heteroatoms. The largest absolute Gasteiger partial charge is 0.436 e. The van der Waals surface area contributed by atoms with Crippen LogP contribution in [0, 0.1) is 0 Å². The van der Waals surface area contributed by atoms with Crippen LogP contribution < -0.4 is 10.7 Å². The number of hydrazine groups is 1. The maximum Gasteiger partial charge on any atom is 0.321 e. The Balaban J connectivity index is 1.21.